The van der Waals surface area contributed by atoms with Crippen LogP contribution in [-0.2, 0) is 22.6 Å². The van der Waals surface area contributed by atoms with Gasteiger partial charge >= 0.3 is 0 Å². The molecule has 278 valence electrons. The van der Waals surface area contributed by atoms with Gasteiger partial charge in [0.05, 0.1) is 11.3 Å². The number of nitrogens with one attached hydrogen (secondary N) is 1. The van der Waals surface area contributed by atoms with Crippen LogP contribution < -0.4 is 16.0 Å². The predicted octanol–water partition coefficient (Wildman–Crippen LogP) is 6.23. The van der Waals surface area contributed by atoms with Crippen molar-refractivity contribution >= 4 is 23.4 Å². The van der Waals surface area contributed by atoms with Gasteiger partial charge in [-0.25, -0.2) is 0 Å². The number of nitrogens with two attached hydrogens (primary N) is 1. The fourth-order valence-corrected chi connectivity index (χ4v) is 8.08. The Morgan fingerprint density at radius 2 is 1.39 bits per heavy atom. The van der Waals surface area contributed by atoms with Crippen LogP contribution in [0.15, 0.2) is 121 Å². The molecule has 2 aliphatic heterocycles. The first-order valence-corrected chi connectivity index (χ1v) is 19.1. The molecule has 2 fully saturated rings. The number of aromatic nitrogens is 1. The normalized spacial score (nSPS) is 16.6. The van der Waals surface area contributed by atoms with Crippen molar-refractivity contribution < 1.29 is 14.4 Å². The Labute approximate surface area is 318 Å². The second kappa shape index (κ2) is 17.0. The second-order valence-electron chi connectivity index (χ2n) is 14.6. The summed E-state index contributed by atoms with van der Waals surface area (Å²) in [7, 11) is 0. The largest absolute Gasteiger partial charge is 0.371 e. The number of anilines is 1. The summed E-state index contributed by atoms with van der Waals surface area (Å²) in [4.78, 5) is 45.7. The monoisotopic (exact) mass is 722 g/mol. The molecular weight excluding hydrogens is 673 g/mol. The van der Waals surface area contributed by atoms with Crippen LogP contribution in [0.25, 0.3) is 16.9 Å². The molecule has 3 heterocycles. The van der Waals surface area contributed by atoms with E-state index in [1.807, 2.05) is 24.3 Å². The Kier molecular flexibility index (Phi) is 11.5. The Balaban J connectivity index is 1.16. The molecule has 7 rings (SSSR count). The number of piperazine rings is 1. The van der Waals surface area contributed by atoms with Crippen molar-refractivity contribution in [1.82, 2.24) is 19.7 Å². The molecule has 2 aliphatic rings. The maximum absolute atomic E-state index is 15.0. The van der Waals surface area contributed by atoms with E-state index in [1.165, 1.54) is 11.1 Å². The van der Waals surface area contributed by atoms with Gasteiger partial charge in [0.1, 0.15) is 0 Å². The average molecular weight is 723 g/mol. The van der Waals surface area contributed by atoms with Gasteiger partial charge in [0.25, 0.3) is 5.91 Å². The maximum atomic E-state index is 15.0. The third kappa shape index (κ3) is 8.58. The molecule has 9 nitrogen and oxygen atoms in total. The van der Waals surface area contributed by atoms with Crippen molar-refractivity contribution in [3.05, 3.63) is 144 Å². The van der Waals surface area contributed by atoms with E-state index in [4.69, 9.17) is 5.73 Å². The Morgan fingerprint density at radius 1 is 0.741 bits per heavy atom. The molecule has 4 aromatic carbocycles. The molecule has 3 amide bonds. The van der Waals surface area contributed by atoms with Gasteiger partial charge in [-0.3, -0.25) is 19.3 Å². The lowest BCUT2D eigenvalue weighted by molar-refractivity contribution is -0.125. The first-order valence-electron chi connectivity index (χ1n) is 19.1. The van der Waals surface area contributed by atoms with Crippen molar-refractivity contribution in [2.24, 2.45) is 11.7 Å². The van der Waals surface area contributed by atoms with Crippen LogP contribution >= 0.6 is 0 Å². The summed E-state index contributed by atoms with van der Waals surface area (Å²) in [6, 6.07) is 41.9. The van der Waals surface area contributed by atoms with Gasteiger partial charge in [0.2, 0.25) is 11.8 Å². The van der Waals surface area contributed by atoms with Crippen LogP contribution in [-0.4, -0.2) is 77.4 Å². The van der Waals surface area contributed by atoms with Gasteiger partial charge in [-0.05, 0) is 67.1 Å². The number of carbonyl (C=O) groups excluding carboxylic acids is 3. The zero-order valence-electron chi connectivity index (χ0n) is 31.1. The minimum Gasteiger partial charge on any atom is -0.371 e. The Bertz CT molecular complexity index is 2040. The molecule has 0 saturated carbocycles. The summed E-state index contributed by atoms with van der Waals surface area (Å²) in [6.07, 6.45) is 2.39. The van der Waals surface area contributed by atoms with Crippen LogP contribution in [0.2, 0.25) is 0 Å². The Morgan fingerprint density at radius 3 is 2.07 bits per heavy atom. The smallest absolute Gasteiger partial charge is 0.256 e. The van der Waals surface area contributed by atoms with Gasteiger partial charge in [-0.15, -0.1) is 0 Å². The van der Waals surface area contributed by atoms with E-state index in [-0.39, 0.29) is 36.7 Å². The molecule has 0 unspecified atom stereocenters. The van der Waals surface area contributed by atoms with Gasteiger partial charge in [0.15, 0.2) is 0 Å². The molecule has 0 spiro atoms. The highest BCUT2D eigenvalue weighted by molar-refractivity contribution is 6.01. The standard InChI is InChI=1S/C45H50N6O3/c1-33-28-41(45(54)50-27-26-48(31-35-14-7-3-8-15-35)32-40(50)29-34-12-5-2-6-13-34)43(36-16-9-4-10-17-36)51(33)39-19-11-18-38(30-39)49-24-21-37(22-25-49)44(53)47-23-20-42(46)52/h2-19,28,30,37,40H,20-27,29,31-32H2,1H3,(H2,46,52)(H,47,53)/t40-/m1/s1. The van der Waals surface area contributed by atoms with E-state index < -0.39 is 5.91 Å². The number of hydrogen-bond donors (Lipinski definition) is 2. The van der Waals surface area contributed by atoms with Crippen LogP contribution in [0.3, 0.4) is 0 Å². The van der Waals surface area contributed by atoms with Crippen molar-refractivity contribution in [2.75, 3.05) is 44.2 Å². The SMILES string of the molecule is Cc1cc(C(=O)N2CCN(Cc3ccccc3)C[C@H]2Cc2ccccc2)c(-c2ccccc2)n1-c1cccc(N2CCC(C(=O)NCCC(N)=O)CC2)c1. The van der Waals surface area contributed by atoms with E-state index in [9.17, 15) is 14.4 Å². The van der Waals surface area contributed by atoms with Crippen molar-refractivity contribution in [3.63, 3.8) is 0 Å². The van der Waals surface area contributed by atoms with Crippen LogP contribution in [0, 0.1) is 12.8 Å². The summed E-state index contributed by atoms with van der Waals surface area (Å²) in [5, 5.41) is 2.86. The summed E-state index contributed by atoms with van der Waals surface area (Å²) < 4.78 is 2.23. The summed E-state index contributed by atoms with van der Waals surface area (Å²) in [6.45, 7) is 6.96. The lowest BCUT2D eigenvalue weighted by Crippen LogP contribution is -2.55. The molecule has 0 radical (unpaired) electrons. The molecule has 2 saturated heterocycles. The van der Waals surface area contributed by atoms with Crippen LogP contribution in [0.1, 0.15) is 46.4 Å². The zero-order chi connectivity index (χ0) is 37.4. The maximum Gasteiger partial charge on any atom is 0.256 e. The fourth-order valence-electron chi connectivity index (χ4n) is 8.08. The predicted molar refractivity (Wildman–Crippen MR) is 214 cm³/mol. The molecular formula is C45H50N6O3. The van der Waals surface area contributed by atoms with E-state index in [1.54, 1.807) is 0 Å². The highest BCUT2D eigenvalue weighted by Crippen LogP contribution is 2.35. The third-order valence-electron chi connectivity index (χ3n) is 10.8. The van der Waals surface area contributed by atoms with E-state index >= 15 is 0 Å². The van der Waals surface area contributed by atoms with E-state index in [0.717, 1.165) is 80.3 Å². The molecule has 9 heteroatoms. The van der Waals surface area contributed by atoms with Gasteiger partial charge < -0.3 is 25.4 Å². The van der Waals surface area contributed by atoms with Crippen molar-refractivity contribution in [2.45, 2.75) is 45.2 Å². The molecule has 0 aliphatic carbocycles. The summed E-state index contributed by atoms with van der Waals surface area (Å²) in [5.74, 6) is -0.461. The lowest BCUT2D eigenvalue weighted by atomic mass is 9.95. The number of piperidine rings is 1. The van der Waals surface area contributed by atoms with E-state index in [0.29, 0.717) is 12.1 Å². The number of nitrogens with zero attached hydrogens (tertiary/aromatic N) is 4. The highest BCUT2D eigenvalue weighted by Gasteiger charge is 2.34. The van der Waals surface area contributed by atoms with Crippen molar-refractivity contribution in [3.8, 4) is 16.9 Å². The number of rotatable bonds is 12. The average Bonchev–Trinajstić information content (AvgIpc) is 3.55. The van der Waals surface area contributed by atoms with Gasteiger partial charge in [-0.2, -0.15) is 0 Å². The Hall–Kier alpha value is -5.67. The number of hydrogen-bond acceptors (Lipinski definition) is 5. The first kappa shape index (κ1) is 36.7. The minimum absolute atomic E-state index is 0.0130. The third-order valence-corrected chi connectivity index (χ3v) is 10.8. The number of primary amides is 1. The zero-order valence-corrected chi connectivity index (χ0v) is 31.1. The summed E-state index contributed by atoms with van der Waals surface area (Å²) >= 11 is 0. The summed E-state index contributed by atoms with van der Waals surface area (Å²) in [5.41, 5.74) is 13.4. The minimum atomic E-state index is -0.417. The number of amides is 3. The topological polar surface area (TPSA) is 104 Å². The quantitative estimate of drug-likeness (QED) is 0.159. The first-order chi connectivity index (χ1) is 26.3. The fraction of sp³-hybridized carbons (Fsp3) is 0.311. The molecule has 1 atom stereocenters. The second-order valence-corrected chi connectivity index (χ2v) is 14.6. The number of aryl methyl sites for hydroxylation is 1. The highest BCUT2D eigenvalue weighted by atomic mass is 16.2. The van der Waals surface area contributed by atoms with Gasteiger partial charge in [0, 0.05) is 81.3 Å². The molecule has 54 heavy (non-hydrogen) atoms. The lowest BCUT2D eigenvalue weighted by Gasteiger charge is -2.42. The van der Waals surface area contributed by atoms with E-state index in [2.05, 4.69) is 129 Å². The molecule has 0 bridgehead atoms. The van der Waals surface area contributed by atoms with Crippen molar-refractivity contribution in [1.29, 1.82) is 0 Å². The molecule has 5 aromatic rings. The molecule has 1 aromatic heterocycles. The van der Waals surface area contributed by atoms with Gasteiger partial charge in [-0.1, -0.05) is 97.1 Å². The molecule has 3 N–H and O–H groups in total. The van der Waals surface area contributed by atoms with Crippen LogP contribution in [0.4, 0.5) is 5.69 Å². The van der Waals surface area contributed by atoms with Crippen LogP contribution in [0.5, 0.6) is 0 Å². The number of benzene rings is 4. The number of carbonyl (C=O) groups is 3.